The van der Waals surface area contributed by atoms with E-state index >= 15 is 0 Å². The fourth-order valence-corrected chi connectivity index (χ4v) is 2.27. The normalized spacial score (nSPS) is 10.5. The molecule has 0 radical (unpaired) electrons. The molecule has 6 nitrogen and oxygen atoms in total. The molecular weight excluding hydrogens is 308 g/mol. The quantitative estimate of drug-likeness (QED) is 0.654. The molecule has 1 N–H and O–H groups in total. The number of carbonyl (C=O) groups excluding carboxylic acids is 1. The summed E-state index contributed by atoms with van der Waals surface area (Å²) in [5.74, 6) is 1.22. The van der Waals surface area contributed by atoms with Crippen molar-refractivity contribution in [2.75, 3.05) is 21.3 Å². The number of carbonyl (C=O) groups is 1. The zero-order chi connectivity index (χ0) is 17.5. The van der Waals surface area contributed by atoms with E-state index in [1.807, 2.05) is 25.1 Å². The van der Waals surface area contributed by atoms with E-state index < -0.39 is 0 Å². The van der Waals surface area contributed by atoms with Crippen molar-refractivity contribution in [1.82, 2.24) is 5.43 Å². The third-order valence-electron chi connectivity index (χ3n) is 3.49. The van der Waals surface area contributed by atoms with Crippen LogP contribution in [-0.2, 0) is 0 Å². The van der Waals surface area contributed by atoms with Crippen LogP contribution in [0.15, 0.2) is 41.5 Å². The lowest BCUT2D eigenvalue weighted by molar-refractivity contribution is 0.0954. The molecule has 0 saturated carbocycles. The summed E-state index contributed by atoms with van der Waals surface area (Å²) < 4.78 is 15.9. The van der Waals surface area contributed by atoms with Gasteiger partial charge < -0.3 is 14.2 Å². The van der Waals surface area contributed by atoms with E-state index in [1.54, 1.807) is 25.3 Å². The van der Waals surface area contributed by atoms with E-state index in [-0.39, 0.29) is 5.91 Å². The second-order valence-electron chi connectivity index (χ2n) is 4.94. The van der Waals surface area contributed by atoms with Crippen molar-refractivity contribution in [3.05, 3.63) is 53.1 Å². The van der Waals surface area contributed by atoms with Gasteiger partial charge in [0.2, 0.25) is 5.75 Å². The van der Waals surface area contributed by atoms with E-state index in [1.165, 1.54) is 20.4 Å². The molecule has 0 bridgehead atoms. The van der Waals surface area contributed by atoms with Crippen molar-refractivity contribution in [2.45, 2.75) is 6.92 Å². The molecule has 0 aliphatic rings. The molecule has 2 aromatic rings. The predicted octanol–water partition coefficient (Wildman–Crippen LogP) is 2.78. The topological polar surface area (TPSA) is 69.2 Å². The number of benzene rings is 2. The molecule has 0 unspecified atom stereocenters. The molecule has 6 heteroatoms. The largest absolute Gasteiger partial charge is 0.493 e. The van der Waals surface area contributed by atoms with E-state index in [9.17, 15) is 4.79 Å². The first-order valence-corrected chi connectivity index (χ1v) is 7.30. The van der Waals surface area contributed by atoms with Crippen LogP contribution < -0.4 is 19.6 Å². The van der Waals surface area contributed by atoms with Gasteiger partial charge in [-0.15, -0.1) is 0 Å². The summed E-state index contributed by atoms with van der Waals surface area (Å²) in [5, 5.41) is 4.00. The van der Waals surface area contributed by atoms with Gasteiger partial charge in [0.1, 0.15) is 0 Å². The Hall–Kier alpha value is -3.02. The Morgan fingerprint density at radius 2 is 1.71 bits per heavy atom. The molecule has 0 aliphatic carbocycles. The van der Waals surface area contributed by atoms with Crippen molar-refractivity contribution in [1.29, 1.82) is 0 Å². The zero-order valence-electron chi connectivity index (χ0n) is 14.1. The average Bonchev–Trinajstić information content (AvgIpc) is 2.61. The molecular formula is C18H20N2O4. The van der Waals surface area contributed by atoms with E-state index in [0.29, 0.717) is 28.4 Å². The van der Waals surface area contributed by atoms with Gasteiger partial charge in [-0.3, -0.25) is 4.79 Å². The lowest BCUT2D eigenvalue weighted by atomic mass is 10.1. The van der Waals surface area contributed by atoms with Gasteiger partial charge in [-0.05, 0) is 30.7 Å². The second kappa shape index (κ2) is 8.01. The molecule has 126 valence electrons. The minimum atomic E-state index is -0.274. The first-order chi connectivity index (χ1) is 11.6. The lowest BCUT2D eigenvalue weighted by Gasteiger charge is -2.13. The first kappa shape index (κ1) is 17.3. The Kier molecular flexibility index (Phi) is 5.78. The number of hydrogen-bond acceptors (Lipinski definition) is 5. The third-order valence-corrected chi connectivity index (χ3v) is 3.49. The number of amides is 1. The smallest absolute Gasteiger partial charge is 0.271 e. The van der Waals surface area contributed by atoms with Crippen LogP contribution in [0.2, 0.25) is 0 Å². The number of aryl methyl sites for hydroxylation is 1. The molecule has 0 spiro atoms. The minimum absolute atomic E-state index is 0.274. The van der Waals surface area contributed by atoms with Crippen LogP contribution in [0, 0.1) is 6.92 Å². The van der Waals surface area contributed by atoms with Crippen molar-refractivity contribution < 1.29 is 19.0 Å². The summed E-state index contributed by atoms with van der Waals surface area (Å²) in [6, 6.07) is 10.8. The maximum absolute atomic E-state index is 12.1. The Labute approximate surface area is 141 Å². The molecule has 1 amide bonds. The van der Waals surface area contributed by atoms with E-state index in [2.05, 4.69) is 10.5 Å². The minimum Gasteiger partial charge on any atom is -0.493 e. The van der Waals surface area contributed by atoms with Crippen molar-refractivity contribution >= 4 is 12.1 Å². The molecule has 0 atom stereocenters. The van der Waals surface area contributed by atoms with Crippen LogP contribution in [0.4, 0.5) is 0 Å². The summed E-state index contributed by atoms with van der Waals surface area (Å²) >= 11 is 0. The molecule has 0 heterocycles. The van der Waals surface area contributed by atoms with Gasteiger partial charge in [0, 0.05) is 11.1 Å². The van der Waals surface area contributed by atoms with Gasteiger partial charge >= 0.3 is 0 Å². The van der Waals surface area contributed by atoms with Crippen LogP contribution >= 0.6 is 0 Å². The zero-order valence-corrected chi connectivity index (χ0v) is 14.1. The Balaban J connectivity index is 2.20. The Morgan fingerprint density at radius 3 is 2.33 bits per heavy atom. The van der Waals surface area contributed by atoms with Crippen molar-refractivity contribution in [3.8, 4) is 17.2 Å². The van der Waals surface area contributed by atoms with Gasteiger partial charge in [-0.25, -0.2) is 5.43 Å². The van der Waals surface area contributed by atoms with Crippen LogP contribution in [0.25, 0.3) is 0 Å². The highest BCUT2D eigenvalue weighted by Gasteiger charge is 2.14. The number of nitrogens with zero attached hydrogens (tertiary/aromatic N) is 1. The highest BCUT2D eigenvalue weighted by atomic mass is 16.5. The fraction of sp³-hybridized carbons (Fsp3) is 0.222. The van der Waals surface area contributed by atoms with Gasteiger partial charge in [0.05, 0.1) is 27.5 Å². The van der Waals surface area contributed by atoms with E-state index in [0.717, 1.165) is 5.56 Å². The number of rotatable bonds is 6. The summed E-state index contributed by atoms with van der Waals surface area (Å²) in [4.78, 5) is 12.1. The number of hydrogen-bond donors (Lipinski definition) is 1. The molecule has 0 aromatic heterocycles. The van der Waals surface area contributed by atoms with Crippen molar-refractivity contribution in [3.63, 3.8) is 0 Å². The van der Waals surface area contributed by atoms with Gasteiger partial charge in [0.15, 0.2) is 11.5 Å². The molecule has 24 heavy (non-hydrogen) atoms. The highest BCUT2D eigenvalue weighted by molar-refractivity contribution is 5.96. The number of nitrogens with one attached hydrogen (secondary N) is 1. The third kappa shape index (κ3) is 3.65. The molecule has 0 aliphatic heterocycles. The second-order valence-corrected chi connectivity index (χ2v) is 4.94. The van der Waals surface area contributed by atoms with Crippen LogP contribution in [0.1, 0.15) is 21.5 Å². The fourth-order valence-electron chi connectivity index (χ4n) is 2.27. The number of methoxy groups -OCH3 is 3. The predicted molar refractivity (Wildman–Crippen MR) is 92.3 cm³/mol. The van der Waals surface area contributed by atoms with Crippen LogP contribution in [-0.4, -0.2) is 33.5 Å². The average molecular weight is 328 g/mol. The molecule has 2 rings (SSSR count). The van der Waals surface area contributed by atoms with Crippen LogP contribution in [0.3, 0.4) is 0 Å². The number of hydrazone groups is 1. The Bertz CT molecular complexity index is 757. The number of ether oxygens (including phenoxy) is 3. The maximum Gasteiger partial charge on any atom is 0.271 e. The maximum atomic E-state index is 12.1. The van der Waals surface area contributed by atoms with Gasteiger partial charge in [-0.1, -0.05) is 18.2 Å². The molecule has 0 fully saturated rings. The SMILES string of the molecule is COc1ccc(/C=N/NC(=O)c2ccccc2C)c(OC)c1OC. The van der Waals surface area contributed by atoms with Crippen LogP contribution in [0.5, 0.6) is 17.2 Å². The first-order valence-electron chi connectivity index (χ1n) is 7.30. The Morgan fingerprint density at radius 1 is 1.00 bits per heavy atom. The van der Waals surface area contributed by atoms with E-state index in [4.69, 9.17) is 14.2 Å². The molecule has 2 aromatic carbocycles. The van der Waals surface area contributed by atoms with Crippen molar-refractivity contribution in [2.24, 2.45) is 5.10 Å². The molecule has 0 saturated heterocycles. The lowest BCUT2D eigenvalue weighted by Crippen LogP contribution is -2.18. The summed E-state index contributed by atoms with van der Waals surface area (Å²) in [5.41, 5.74) is 4.62. The monoisotopic (exact) mass is 328 g/mol. The van der Waals surface area contributed by atoms with Gasteiger partial charge in [-0.2, -0.15) is 5.10 Å². The summed E-state index contributed by atoms with van der Waals surface area (Å²) in [7, 11) is 4.61. The highest BCUT2D eigenvalue weighted by Crippen LogP contribution is 2.38. The summed E-state index contributed by atoms with van der Waals surface area (Å²) in [6.07, 6.45) is 1.50. The van der Waals surface area contributed by atoms with Gasteiger partial charge in [0.25, 0.3) is 5.91 Å². The summed E-state index contributed by atoms with van der Waals surface area (Å²) in [6.45, 7) is 1.87. The standard InChI is InChI=1S/C18H20N2O4/c1-12-7-5-6-8-14(12)18(21)20-19-11-13-9-10-15(22-2)17(24-4)16(13)23-3/h5-11H,1-4H3,(H,20,21)/b19-11+.